The fraction of sp³-hybridized carbons (Fsp3) is 0.273. The second kappa shape index (κ2) is 3.52. The van der Waals surface area contributed by atoms with E-state index in [0.29, 0.717) is 0 Å². The molecule has 13 heavy (non-hydrogen) atoms. The highest BCUT2D eigenvalue weighted by atomic mass is 16.5. The molecule has 0 saturated carbocycles. The Labute approximate surface area is 77.8 Å². The van der Waals surface area contributed by atoms with Crippen molar-refractivity contribution in [1.29, 1.82) is 0 Å². The summed E-state index contributed by atoms with van der Waals surface area (Å²) in [4.78, 5) is 0. The van der Waals surface area contributed by atoms with Crippen LogP contribution in [0, 0.1) is 0 Å². The highest BCUT2D eigenvalue weighted by Crippen LogP contribution is 2.32. The second-order valence-corrected chi connectivity index (χ2v) is 2.97. The fourth-order valence-electron chi connectivity index (χ4n) is 1.52. The largest absolute Gasteiger partial charge is 0.496 e. The summed E-state index contributed by atoms with van der Waals surface area (Å²) in [5, 5.41) is 0. The molecule has 0 aliphatic carbocycles. The number of methoxy groups -OCH3 is 1. The van der Waals surface area contributed by atoms with Crippen LogP contribution >= 0.6 is 0 Å². The molecule has 68 valence electrons. The lowest BCUT2D eigenvalue weighted by molar-refractivity contribution is 0.169. The molecule has 1 aliphatic rings. The zero-order chi connectivity index (χ0) is 9.10. The summed E-state index contributed by atoms with van der Waals surface area (Å²) >= 11 is 0. The van der Waals surface area contributed by atoms with Crippen molar-refractivity contribution >= 4 is 0 Å². The van der Waals surface area contributed by atoms with Gasteiger partial charge in [0.25, 0.3) is 0 Å². The van der Waals surface area contributed by atoms with Crippen molar-refractivity contribution < 1.29 is 9.47 Å². The zero-order valence-electron chi connectivity index (χ0n) is 7.57. The van der Waals surface area contributed by atoms with Gasteiger partial charge in [-0.2, -0.15) is 0 Å². The Hall–Kier alpha value is -1.44. The van der Waals surface area contributed by atoms with Gasteiger partial charge >= 0.3 is 0 Å². The normalized spacial score (nSPS) is 19.9. The molecular formula is C11H12O2. The summed E-state index contributed by atoms with van der Waals surface area (Å²) in [6.45, 7) is 0. The van der Waals surface area contributed by atoms with Crippen LogP contribution in [0.25, 0.3) is 0 Å². The van der Waals surface area contributed by atoms with E-state index in [1.54, 1.807) is 13.4 Å². The summed E-state index contributed by atoms with van der Waals surface area (Å²) in [7, 11) is 1.68. The Balaban J connectivity index is 2.27. The molecule has 0 spiro atoms. The van der Waals surface area contributed by atoms with Crippen LogP contribution in [0.2, 0.25) is 0 Å². The van der Waals surface area contributed by atoms with Gasteiger partial charge in [-0.1, -0.05) is 18.2 Å². The minimum absolute atomic E-state index is 0.135. The van der Waals surface area contributed by atoms with Gasteiger partial charge in [-0.3, -0.25) is 0 Å². The first-order chi connectivity index (χ1) is 6.42. The van der Waals surface area contributed by atoms with Crippen molar-refractivity contribution in [2.75, 3.05) is 7.11 Å². The monoisotopic (exact) mass is 176 g/mol. The molecule has 0 aromatic heterocycles. The van der Waals surface area contributed by atoms with E-state index in [2.05, 4.69) is 0 Å². The van der Waals surface area contributed by atoms with Crippen LogP contribution < -0.4 is 4.74 Å². The van der Waals surface area contributed by atoms with Crippen molar-refractivity contribution in [1.82, 2.24) is 0 Å². The van der Waals surface area contributed by atoms with Gasteiger partial charge in [0.1, 0.15) is 11.9 Å². The topological polar surface area (TPSA) is 18.5 Å². The van der Waals surface area contributed by atoms with Crippen LogP contribution in [0.15, 0.2) is 36.6 Å². The number of hydrogen-bond donors (Lipinski definition) is 0. The predicted octanol–water partition coefficient (Wildman–Crippen LogP) is 2.67. The Kier molecular flexibility index (Phi) is 2.21. The third kappa shape index (κ3) is 1.52. The lowest BCUT2D eigenvalue weighted by atomic mass is 10.1. The average molecular weight is 176 g/mol. The minimum atomic E-state index is 0.135. The molecule has 0 N–H and O–H groups in total. The summed E-state index contributed by atoms with van der Waals surface area (Å²) in [6.07, 6.45) is 4.84. The summed E-state index contributed by atoms with van der Waals surface area (Å²) in [6, 6.07) is 7.96. The highest BCUT2D eigenvalue weighted by Gasteiger charge is 2.17. The van der Waals surface area contributed by atoms with Crippen molar-refractivity contribution in [2.45, 2.75) is 12.5 Å². The molecule has 2 nitrogen and oxygen atoms in total. The molecule has 1 aliphatic heterocycles. The number of ether oxygens (including phenoxy) is 2. The maximum atomic E-state index is 5.42. The van der Waals surface area contributed by atoms with Gasteiger partial charge in [0.05, 0.1) is 13.4 Å². The molecule has 2 rings (SSSR count). The second-order valence-electron chi connectivity index (χ2n) is 2.97. The molecule has 0 amide bonds. The van der Waals surface area contributed by atoms with Crippen molar-refractivity contribution in [3.05, 3.63) is 42.2 Å². The van der Waals surface area contributed by atoms with Crippen molar-refractivity contribution in [3.63, 3.8) is 0 Å². The van der Waals surface area contributed by atoms with Crippen molar-refractivity contribution in [2.24, 2.45) is 0 Å². The van der Waals surface area contributed by atoms with Crippen LogP contribution in [0.4, 0.5) is 0 Å². The van der Waals surface area contributed by atoms with Gasteiger partial charge in [0.2, 0.25) is 0 Å². The fourth-order valence-corrected chi connectivity index (χ4v) is 1.52. The van der Waals surface area contributed by atoms with E-state index in [9.17, 15) is 0 Å². The molecule has 1 aromatic carbocycles. The molecule has 0 saturated heterocycles. The van der Waals surface area contributed by atoms with Crippen LogP contribution in [-0.4, -0.2) is 7.11 Å². The molecule has 2 heteroatoms. The maximum Gasteiger partial charge on any atom is 0.130 e. The Morgan fingerprint density at radius 3 is 2.92 bits per heavy atom. The number of benzene rings is 1. The number of hydrogen-bond acceptors (Lipinski definition) is 2. The molecule has 0 fully saturated rings. The van der Waals surface area contributed by atoms with Crippen LogP contribution in [-0.2, 0) is 4.74 Å². The van der Waals surface area contributed by atoms with E-state index in [0.717, 1.165) is 17.7 Å². The molecular weight excluding hydrogens is 164 g/mol. The third-order valence-electron chi connectivity index (χ3n) is 2.18. The first-order valence-electron chi connectivity index (χ1n) is 4.35. The maximum absolute atomic E-state index is 5.42. The first-order valence-corrected chi connectivity index (χ1v) is 4.35. The van der Waals surface area contributed by atoms with E-state index in [1.807, 2.05) is 30.3 Å². The first kappa shape index (κ1) is 8.17. The van der Waals surface area contributed by atoms with Crippen LogP contribution in [0.3, 0.4) is 0 Å². The van der Waals surface area contributed by atoms with Crippen molar-refractivity contribution in [3.8, 4) is 5.75 Å². The predicted molar refractivity (Wildman–Crippen MR) is 50.6 cm³/mol. The quantitative estimate of drug-likeness (QED) is 0.689. The Morgan fingerprint density at radius 2 is 2.23 bits per heavy atom. The van der Waals surface area contributed by atoms with Gasteiger partial charge in [-0.25, -0.2) is 0 Å². The van der Waals surface area contributed by atoms with E-state index in [4.69, 9.17) is 9.47 Å². The van der Waals surface area contributed by atoms with E-state index >= 15 is 0 Å². The molecule has 1 atom stereocenters. The number of rotatable bonds is 2. The molecule has 1 unspecified atom stereocenters. The van der Waals surface area contributed by atoms with E-state index in [1.165, 1.54) is 0 Å². The van der Waals surface area contributed by atoms with Gasteiger partial charge in [-0.05, 0) is 12.1 Å². The summed E-state index contributed by atoms with van der Waals surface area (Å²) in [5.74, 6) is 0.899. The average Bonchev–Trinajstić information content (AvgIpc) is 2.70. The van der Waals surface area contributed by atoms with Gasteiger partial charge in [0, 0.05) is 12.0 Å². The number of para-hydroxylation sites is 1. The van der Waals surface area contributed by atoms with Crippen LogP contribution in [0.1, 0.15) is 18.1 Å². The molecule has 1 heterocycles. The molecule has 0 bridgehead atoms. The minimum Gasteiger partial charge on any atom is -0.496 e. The highest BCUT2D eigenvalue weighted by molar-refractivity contribution is 5.36. The van der Waals surface area contributed by atoms with E-state index in [-0.39, 0.29) is 6.10 Å². The van der Waals surface area contributed by atoms with Gasteiger partial charge in [0.15, 0.2) is 0 Å². The molecule has 0 radical (unpaired) electrons. The van der Waals surface area contributed by atoms with Gasteiger partial charge < -0.3 is 9.47 Å². The summed E-state index contributed by atoms with van der Waals surface area (Å²) < 4.78 is 10.7. The van der Waals surface area contributed by atoms with Crippen LogP contribution in [0.5, 0.6) is 5.75 Å². The smallest absolute Gasteiger partial charge is 0.130 e. The Morgan fingerprint density at radius 1 is 1.38 bits per heavy atom. The Bertz CT molecular complexity index is 310. The third-order valence-corrected chi connectivity index (χ3v) is 2.18. The standard InChI is InChI=1S/C11H12O2/c1-12-10-6-3-2-5-9(10)11-7-4-8-13-11/h2-6,8,11H,7H2,1H3. The zero-order valence-corrected chi connectivity index (χ0v) is 7.57. The summed E-state index contributed by atoms with van der Waals surface area (Å²) in [5.41, 5.74) is 1.12. The lowest BCUT2D eigenvalue weighted by Crippen LogP contribution is -1.98. The SMILES string of the molecule is COc1ccccc1C1CC=CO1. The van der Waals surface area contributed by atoms with Gasteiger partial charge in [-0.15, -0.1) is 0 Å². The van der Waals surface area contributed by atoms with E-state index < -0.39 is 0 Å². The lowest BCUT2D eigenvalue weighted by Gasteiger charge is -2.13. The molecule has 1 aromatic rings.